The van der Waals surface area contributed by atoms with Crippen molar-refractivity contribution >= 4 is 5.96 Å². The quantitative estimate of drug-likeness (QED) is 0.560. The van der Waals surface area contributed by atoms with E-state index in [2.05, 4.69) is 15.3 Å². The third kappa shape index (κ3) is 5.27. The van der Waals surface area contributed by atoms with Crippen molar-refractivity contribution in [3.63, 3.8) is 0 Å². The summed E-state index contributed by atoms with van der Waals surface area (Å²) in [5, 5.41) is 3.08. The summed E-state index contributed by atoms with van der Waals surface area (Å²) < 4.78 is 16.0. The Hall–Kier alpha value is -2.96. The normalized spacial score (nSPS) is 11.1. The fourth-order valence-electron chi connectivity index (χ4n) is 2.32. The summed E-state index contributed by atoms with van der Waals surface area (Å²) >= 11 is 0. The SMILES string of the molecule is COc1cc(CN=C(N)NCCc2ccccn2)cc(OC)c1OC. The van der Waals surface area contributed by atoms with Crippen molar-refractivity contribution < 1.29 is 14.2 Å². The number of ether oxygens (including phenoxy) is 3. The van der Waals surface area contributed by atoms with E-state index < -0.39 is 0 Å². The zero-order valence-corrected chi connectivity index (χ0v) is 14.8. The van der Waals surface area contributed by atoms with Crippen LogP contribution in [0.25, 0.3) is 0 Å². The summed E-state index contributed by atoms with van der Waals surface area (Å²) in [6.45, 7) is 1.07. The van der Waals surface area contributed by atoms with Crippen molar-refractivity contribution in [3.8, 4) is 17.2 Å². The van der Waals surface area contributed by atoms with Gasteiger partial charge in [-0.05, 0) is 29.8 Å². The highest BCUT2D eigenvalue weighted by atomic mass is 16.5. The Morgan fingerprint density at radius 1 is 1.12 bits per heavy atom. The van der Waals surface area contributed by atoms with Gasteiger partial charge in [-0.25, -0.2) is 4.99 Å². The van der Waals surface area contributed by atoms with Crippen molar-refractivity contribution in [2.75, 3.05) is 27.9 Å². The molecule has 0 unspecified atom stereocenters. The number of pyridine rings is 1. The van der Waals surface area contributed by atoms with Gasteiger partial charge in [-0.1, -0.05) is 6.07 Å². The van der Waals surface area contributed by atoms with Crippen LogP contribution in [0, 0.1) is 0 Å². The Bertz CT molecular complexity index is 680. The van der Waals surface area contributed by atoms with Crippen molar-refractivity contribution in [1.29, 1.82) is 0 Å². The van der Waals surface area contributed by atoms with Gasteiger partial charge in [0.25, 0.3) is 0 Å². The molecular formula is C18H24N4O3. The van der Waals surface area contributed by atoms with Crippen LogP contribution in [0.15, 0.2) is 41.5 Å². The molecule has 1 heterocycles. The first-order valence-electron chi connectivity index (χ1n) is 7.90. The molecule has 0 aliphatic rings. The molecular weight excluding hydrogens is 320 g/mol. The molecule has 2 aromatic rings. The van der Waals surface area contributed by atoms with E-state index in [9.17, 15) is 0 Å². The van der Waals surface area contributed by atoms with Gasteiger partial charge in [0.2, 0.25) is 5.75 Å². The fraction of sp³-hybridized carbons (Fsp3) is 0.333. The molecule has 0 atom stereocenters. The predicted octanol–water partition coefficient (Wildman–Crippen LogP) is 1.75. The first-order chi connectivity index (χ1) is 12.2. The van der Waals surface area contributed by atoms with Gasteiger partial charge in [-0.15, -0.1) is 0 Å². The van der Waals surface area contributed by atoms with Crippen LogP contribution >= 0.6 is 0 Å². The van der Waals surface area contributed by atoms with Crippen LogP contribution < -0.4 is 25.3 Å². The van der Waals surface area contributed by atoms with Crippen molar-refractivity contribution in [3.05, 3.63) is 47.8 Å². The second-order valence-electron chi connectivity index (χ2n) is 5.23. The molecule has 0 saturated carbocycles. The summed E-state index contributed by atoms with van der Waals surface area (Å²) in [6.07, 6.45) is 2.55. The van der Waals surface area contributed by atoms with E-state index in [1.54, 1.807) is 27.5 Å². The van der Waals surface area contributed by atoms with E-state index >= 15 is 0 Å². The highest BCUT2D eigenvalue weighted by molar-refractivity contribution is 5.77. The first kappa shape index (κ1) is 18.4. The second kappa shape index (κ2) is 9.36. The second-order valence-corrected chi connectivity index (χ2v) is 5.23. The molecule has 0 aliphatic heterocycles. The number of hydrogen-bond donors (Lipinski definition) is 2. The lowest BCUT2D eigenvalue weighted by atomic mass is 10.2. The van der Waals surface area contributed by atoms with Gasteiger partial charge in [0.05, 0.1) is 27.9 Å². The van der Waals surface area contributed by atoms with Crippen molar-refractivity contribution in [1.82, 2.24) is 10.3 Å². The Kier molecular flexibility index (Phi) is 6.88. The summed E-state index contributed by atoms with van der Waals surface area (Å²) in [5.41, 5.74) is 7.83. The highest BCUT2D eigenvalue weighted by Gasteiger charge is 2.12. The molecule has 134 valence electrons. The fourth-order valence-corrected chi connectivity index (χ4v) is 2.32. The Morgan fingerprint density at radius 3 is 2.40 bits per heavy atom. The van der Waals surface area contributed by atoms with Crippen LogP contribution in [0.3, 0.4) is 0 Å². The molecule has 7 heteroatoms. The summed E-state index contributed by atoms with van der Waals surface area (Å²) in [7, 11) is 4.73. The molecule has 1 aromatic heterocycles. The van der Waals surface area contributed by atoms with Gasteiger partial charge in [-0.3, -0.25) is 4.98 Å². The van der Waals surface area contributed by atoms with E-state index in [1.165, 1.54) is 0 Å². The topological polar surface area (TPSA) is 91.0 Å². The van der Waals surface area contributed by atoms with E-state index in [0.29, 0.717) is 36.3 Å². The number of aliphatic imine (C=N–C) groups is 1. The average Bonchev–Trinajstić information content (AvgIpc) is 2.66. The van der Waals surface area contributed by atoms with Gasteiger partial charge in [0.15, 0.2) is 17.5 Å². The minimum absolute atomic E-state index is 0.379. The monoisotopic (exact) mass is 344 g/mol. The van der Waals surface area contributed by atoms with Crippen LogP contribution in [0.1, 0.15) is 11.3 Å². The predicted molar refractivity (Wildman–Crippen MR) is 97.4 cm³/mol. The van der Waals surface area contributed by atoms with E-state index in [0.717, 1.165) is 17.7 Å². The van der Waals surface area contributed by atoms with Crippen LogP contribution in [-0.4, -0.2) is 38.8 Å². The molecule has 0 aliphatic carbocycles. The van der Waals surface area contributed by atoms with E-state index in [4.69, 9.17) is 19.9 Å². The zero-order chi connectivity index (χ0) is 18.1. The molecule has 0 spiro atoms. The molecule has 2 rings (SSSR count). The Morgan fingerprint density at radius 2 is 1.84 bits per heavy atom. The van der Waals surface area contributed by atoms with Gasteiger partial charge >= 0.3 is 0 Å². The Labute approximate surface area is 147 Å². The van der Waals surface area contributed by atoms with E-state index in [1.807, 2.05) is 30.3 Å². The number of nitrogens with two attached hydrogens (primary N) is 1. The third-order valence-corrected chi connectivity index (χ3v) is 3.57. The van der Waals surface area contributed by atoms with Gasteiger partial charge in [-0.2, -0.15) is 0 Å². The number of rotatable bonds is 8. The largest absolute Gasteiger partial charge is 0.493 e. The van der Waals surface area contributed by atoms with Crippen LogP contribution in [-0.2, 0) is 13.0 Å². The van der Waals surface area contributed by atoms with E-state index in [-0.39, 0.29) is 0 Å². The lowest BCUT2D eigenvalue weighted by Crippen LogP contribution is -2.33. The summed E-state index contributed by atoms with van der Waals surface area (Å²) in [6, 6.07) is 9.54. The number of hydrogen-bond acceptors (Lipinski definition) is 5. The van der Waals surface area contributed by atoms with Crippen LogP contribution in [0.2, 0.25) is 0 Å². The smallest absolute Gasteiger partial charge is 0.203 e. The first-order valence-corrected chi connectivity index (χ1v) is 7.90. The third-order valence-electron chi connectivity index (χ3n) is 3.57. The maximum Gasteiger partial charge on any atom is 0.203 e. The van der Waals surface area contributed by atoms with Crippen molar-refractivity contribution in [2.24, 2.45) is 10.7 Å². The maximum absolute atomic E-state index is 5.91. The number of benzene rings is 1. The molecule has 7 nitrogen and oxygen atoms in total. The number of nitrogens with one attached hydrogen (secondary N) is 1. The summed E-state index contributed by atoms with van der Waals surface area (Å²) in [5.74, 6) is 2.12. The minimum atomic E-state index is 0.379. The van der Waals surface area contributed by atoms with Crippen LogP contribution in [0.4, 0.5) is 0 Å². The maximum atomic E-state index is 5.91. The van der Waals surface area contributed by atoms with Crippen LogP contribution in [0.5, 0.6) is 17.2 Å². The molecule has 1 aromatic carbocycles. The molecule has 0 amide bonds. The number of guanidine groups is 1. The standard InChI is InChI=1S/C18H24N4O3/c1-23-15-10-13(11-16(24-2)17(15)25-3)12-22-18(19)21-9-7-14-6-4-5-8-20-14/h4-6,8,10-11H,7,9,12H2,1-3H3,(H3,19,21,22). The van der Waals surface area contributed by atoms with Gasteiger partial charge in [0, 0.05) is 24.9 Å². The molecule has 0 fully saturated rings. The molecule has 0 bridgehead atoms. The molecule has 25 heavy (non-hydrogen) atoms. The van der Waals surface area contributed by atoms with Crippen molar-refractivity contribution in [2.45, 2.75) is 13.0 Å². The average molecular weight is 344 g/mol. The Balaban J connectivity index is 1.95. The molecule has 0 radical (unpaired) electrons. The van der Waals surface area contributed by atoms with Gasteiger partial charge < -0.3 is 25.3 Å². The van der Waals surface area contributed by atoms with Gasteiger partial charge in [0.1, 0.15) is 0 Å². The lowest BCUT2D eigenvalue weighted by Gasteiger charge is -2.13. The lowest BCUT2D eigenvalue weighted by molar-refractivity contribution is 0.324. The summed E-state index contributed by atoms with van der Waals surface area (Å²) in [4.78, 5) is 8.61. The highest BCUT2D eigenvalue weighted by Crippen LogP contribution is 2.38. The molecule has 3 N–H and O–H groups in total. The number of aromatic nitrogens is 1. The number of nitrogens with zero attached hydrogens (tertiary/aromatic N) is 2. The number of methoxy groups -OCH3 is 3. The molecule has 0 saturated heterocycles. The minimum Gasteiger partial charge on any atom is -0.493 e. The zero-order valence-electron chi connectivity index (χ0n) is 14.8.